The summed E-state index contributed by atoms with van der Waals surface area (Å²) in [7, 11) is 0. The summed E-state index contributed by atoms with van der Waals surface area (Å²) in [6.07, 6.45) is 4.31. The van der Waals surface area contributed by atoms with Crippen molar-refractivity contribution in [3.63, 3.8) is 0 Å². The molecular formula is C40H44N4O5. The lowest BCUT2D eigenvalue weighted by Crippen LogP contribution is -2.41. The number of carbonyl (C=O) groups is 4. The Morgan fingerprint density at radius 3 is 2.02 bits per heavy atom. The number of fused-ring (bicyclic) bond motifs is 1. The molecule has 1 atom stereocenters. The van der Waals surface area contributed by atoms with E-state index in [1.165, 1.54) is 16.5 Å². The highest BCUT2D eigenvalue weighted by molar-refractivity contribution is 5.94. The van der Waals surface area contributed by atoms with E-state index in [1.54, 1.807) is 12.4 Å². The first-order chi connectivity index (χ1) is 23.7. The number of aromatic amines is 1. The topological polar surface area (TPSA) is 140 Å². The Balaban J connectivity index is 0.000000456. The van der Waals surface area contributed by atoms with Gasteiger partial charge in [0.15, 0.2) is 5.78 Å². The van der Waals surface area contributed by atoms with Crippen molar-refractivity contribution < 1.29 is 24.4 Å². The predicted molar refractivity (Wildman–Crippen MR) is 192 cm³/mol. The van der Waals surface area contributed by atoms with E-state index in [0.717, 1.165) is 22.3 Å². The van der Waals surface area contributed by atoms with E-state index in [2.05, 4.69) is 40.7 Å². The van der Waals surface area contributed by atoms with Gasteiger partial charge in [-0.2, -0.15) is 0 Å². The summed E-state index contributed by atoms with van der Waals surface area (Å²) < 4.78 is 0. The Morgan fingerprint density at radius 1 is 0.735 bits per heavy atom. The number of Topliss-reactive ketones (excluding diaryl/α,β-unsaturated/α-hetero) is 1. The lowest BCUT2D eigenvalue weighted by molar-refractivity contribution is -0.135. The van der Waals surface area contributed by atoms with E-state index in [0.29, 0.717) is 37.8 Å². The molecule has 0 saturated carbocycles. The molecule has 5 aromatic rings. The smallest absolute Gasteiger partial charge is 0.244 e. The Morgan fingerprint density at radius 2 is 1.37 bits per heavy atom. The lowest BCUT2D eigenvalue weighted by Gasteiger charge is -2.16. The number of ketones is 1. The number of carbonyl (C=O) groups excluding carboxylic acids is 4. The summed E-state index contributed by atoms with van der Waals surface area (Å²) in [6.45, 7) is 3.93. The summed E-state index contributed by atoms with van der Waals surface area (Å²) in [5.74, 6) is -2.00. The Labute approximate surface area is 287 Å². The zero-order chi connectivity index (χ0) is 35.0. The summed E-state index contributed by atoms with van der Waals surface area (Å²) in [5.41, 5.74) is 9.04. The third-order valence-electron chi connectivity index (χ3n) is 8.32. The second kappa shape index (κ2) is 18.7. The van der Waals surface area contributed by atoms with Crippen LogP contribution < -0.4 is 16.1 Å². The molecule has 5 rings (SSSR count). The third-order valence-corrected chi connectivity index (χ3v) is 8.32. The molecule has 49 heavy (non-hydrogen) atoms. The number of rotatable bonds is 14. The summed E-state index contributed by atoms with van der Waals surface area (Å²) in [4.78, 5) is 51.3. The van der Waals surface area contributed by atoms with Gasteiger partial charge < -0.3 is 15.6 Å². The van der Waals surface area contributed by atoms with Crippen molar-refractivity contribution in [2.45, 2.75) is 46.0 Å². The minimum Gasteiger partial charge on any atom is -0.361 e. The van der Waals surface area contributed by atoms with Crippen molar-refractivity contribution in [3.05, 3.63) is 132 Å². The number of aromatic nitrogens is 1. The number of hydrogen-bond acceptors (Lipinski definition) is 5. The number of H-pyrrole nitrogens is 1. The molecule has 0 fully saturated rings. The maximum atomic E-state index is 12.7. The summed E-state index contributed by atoms with van der Waals surface area (Å²) in [5, 5.41) is 15.6. The van der Waals surface area contributed by atoms with Crippen molar-refractivity contribution in [2.24, 2.45) is 5.92 Å². The molecule has 1 unspecified atom stereocenters. The summed E-state index contributed by atoms with van der Waals surface area (Å²) >= 11 is 0. The van der Waals surface area contributed by atoms with Crippen molar-refractivity contribution in [3.8, 4) is 11.1 Å². The van der Waals surface area contributed by atoms with Gasteiger partial charge in [-0.3, -0.25) is 24.4 Å². The van der Waals surface area contributed by atoms with Gasteiger partial charge >= 0.3 is 0 Å². The molecule has 0 radical (unpaired) electrons. The van der Waals surface area contributed by atoms with Crippen LogP contribution in [-0.4, -0.2) is 46.8 Å². The predicted octanol–water partition coefficient (Wildman–Crippen LogP) is 6.34. The number of benzene rings is 4. The molecule has 0 aliphatic rings. The number of hydrogen-bond donors (Lipinski definition) is 5. The van der Waals surface area contributed by atoms with Gasteiger partial charge in [-0.25, -0.2) is 5.48 Å². The molecule has 1 aromatic heterocycles. The van der Waals surface area contributed by atoms with Gasteiger partial charge in [-0.15, -0.1) is 0 Å². The highest BCUT2D eigenvalue weighted by Gasteiger charge is 2.22. The Hall–Kier alpha value is -5.54. The summed E-state index contributed by atoms with van der Waals surface area (Å²) in [6, 6.07) is 33.6. The first-order valence-electron chi connectivity index (χ1n) is 16.5. The molecule has 5 N–H and O–H groups in total. The van der Waals surface area contributed by atoms with Crippen molar-refractivity contribution in [2.75, 3.05) is 13.1 Å². The van der Waals surface area contributed by atoms with Crippen molar-refractivity contribution in [1.29, 1.82) is 0 Å². The van der Waals surface area contributed by atoms with Crippen LogP contribution in [0.1, 0.15) is 53.2 Å². The van der Waals surface area contributed by atoms with Crippen LogP contribution in [0.3, 0.4) is 0 Å². The van der Waals surface area contributed by atoms with Gasteiger partial charge in [-0.1, -0.05) is 97.1 Å². The zero-order valence-corrected chi connectivity index (χ0v) is 28.0. The van der Waals surface area contributed by atoms with Gasteiger partial charge in [-0.05, 0) is 73.4 Å². The van der Waals surface area contributed by atoms with E-state index >= 15 is 0 Å². The highest BCUT2D eigenvalue weighted by Crippen LogP contribution is 2.22. The van der Waals surface area contributed by atoms with Gasteiger partial charge in [0.25, 0.3) is 0 Å². The average molecular weight is 661 g/mol. The number of para-hydroxylation sites is 1. The van der Waals surface area contributed by atoms with E-state index in [-0.39, 0.29) is 24.7 Å². The van der Waals surface area contributed by atoms with Crippen LogP contribution in [0.5, 0.6) is 0 Å². The van der Waals surface area contributed by atoms with E-state index in [9.17, 15) is 19.2 Å². The fourth-order valence-corrected chi connectivity index (χ4v) is 5.49. The number of nitrogens with one attached hydrogen (secondary N) is 4. The van der Waals surface area contributed by atoms with Crippen LogP contribution in [0, 0.1) is 12.8 Å². The van der Waals surface area contributed by atoms with Gasteiger partial charge in [0.05, 0.1) is 6.54 Å². The van der Waals surface area contributed by atoms with Crippen LogP contribution in [0.25, 0.3) is 22.0 Å². The maximum absolute atomic E-state index is 12.7. The largest absolute Gasteiger partial charge is 0.361 e. The monoisotopic (exact) mass is 660 g/mol. The fourth-order valence-electron chi connectivity index (χ4n) is 5.49. The molecule has 4 aromatic carbocycles. The number of hydroxylamine groups is 1. The molecular weight excluding hydrogens is 616 g/mol. The number of amides is 3. The molecule has 0 bridgehead atoms. The Bertz CT molecular complexity index is 1820. The highest BCUT2D eigenvalue weighted by atomic mass is 16.5. The van der Waals surface area contributed by atoms with Gasteiger partial charge in [0.2, 0.25) is 17.7 Å². The molecule has 254 valence electrons. The quantitative estimate of drug-likeness (QED) is 0.0537. The average Bonchev–Trinajstić information content (AvgIpc) is 3.51. The maximum Gasteiger partial charge on any atom is 0.244 e. The molecule has 9 heteroatoms. The van der Waals surface area contributed by atoms with E-state index < -0.39 is 17.7 Å². The first-order valence-corrected chi connectivity index (χ1v) is 16.5. The minimum absolute atomic E-state index is 0.0301. The molecule has 0 aliphatic heterocycles. The zero-order valence-electron chi connectivity index (χ0n) is 28.0. The van der Waals surface area contributed by atoms with Crippen LogP contribution in [0.4, 0.5) is 0 Å². The SMILES string of the molecule is CC(=O)c1ccc(-c2ccc(CCCC(CC(=O)NO)C(=O)NCC(=O)NCCc3ccccc3)cc2)cc1.Cc1c[nH]c2ccccc12. The van der Waals surface area contributed by atoms with Gasteiger partial charge in [0.1, 0.15) is 0 Å². The third kappa shape index (κ3) is 11.6. The molecule has 0 spiro atoms. The fraction of sp³-hybridized carbons (Fsp3) is 0.250. The molecule has 0 saturated heterocycles. The van der Waals surface area contributed by atoms with Crippen LogP contribution in [-0.2, 0) is 27.2 Å². The first kappa shape index (κ1) is 36.3. The van der Waals surface area contributed by atoms with Crippen LogP contribution in [0.15, 0.2) is 109 Å². The molecule has 0 aliphatic carbocycles. The second-order valence-electron chi connectivity index (χ2n) is 12.0. The van der Waals surface area contributed by atoms with E-state index in [1.807, 2.05) is 91.1 Å². The number of aryl methyl sites for hydroxylation is 2. The van der Waals surface area contributed by atoms with Gasteiger partial charge in [0, 0.05) is 41.5 Å². The molecule has 3 amide bonds. The normalized spacial score (nSPS) is 11.2. The van der Waals surface area contributed by atoms with E-state index in [4.69, 9.17) is 5.21 Å². The van der Waals surface area contributed by atoms with Crippen LogP contribution in [0.2, 0.25) is 0 Å². The lowest BCUT2D eigenvalue weighted by atomic mass is 9.94. The standard InChI is InChI=1S/C31H35N3O5.C9H9N/c1-22(35)25-14-16-27(17-15-25)26-12-10-24(11-13-26)8-5-9-28(20-29(36)34-39)31(38)33-21-30(37)32-19-18-23-6-3-2-4-7-23;1-7-6-10-9-5-3-2-4-8(7)9/h2-4,6-7,10-17,28,39H,5,8-9,18-21H2,1H3,(H,32,37)(H,33,38)(H,34,36);2-6,10H,1H3. The molecule has 1 heterocycles. The molecule has 9 nitrogen and oxygen atoms in total. The Kier molecular flexibility index (Phi) is 13.9. The van der Waals surface area contributed by atoms with Crippen molar-refractivity contribution in [1.82, 2.24) is 21.1 Å². The van der Waals surface area contributed by atoms with Crippen molar-refractivity contribution >= 4 is 34.4 Å². The minimum atomic E-state index is -0.673. The second-order valence-corrected chi connectivity index (χ2v) is 12.0. The van der Waals surface area contributed by atoms with Crippen LogP contribution >= 0.6 is 0 Å².